The van der Waals surface area contributed by atoms with Gasteiger partial charge in [-0.2, -0.15) is 13.2 Å². The Balaban J connectivity index is 2.07. The molecule has 0 unspecified atom stereocenters. The molecule has 13 heteroatoms. The van der Waals surface area contributed by atoms with E-state index in [1.165, 1.54) is 47.1 Å². The van der Waals surface area contributed by atoms with Gasteiger partial charge in [0.1, 0.15) is 11.9 Å². The predicted molar refractivity (Wildman–Crippen MR) is 162 cm³/mol. The van der Waals surface area contributed by atoms with E-state index in [9.17, 15) is 37.5 Å². The van der Waals surface area contributed by atoms with Gasteiger partial charge in [-0.25, -0.2) is 4.79 Å². The fourth-order valence-electron chi connectivity index (χ4n) is 5.50. The largest absolute Gasteiger partial charge is 0.508 e. The third kappa shape index (κ3) is 8.56. The van der Waals surface area contributed by atoms with Crippen LogP contribution in [0.5, 0.6) is 5.75 Å². The number of rotatable bonds is 7. The maximum atomic E-state index is 14.7. The van der Waals surface area contributed by atoms with E-state index in [4.69, 9.17) is 9.47 Å². The number of esters is 1. The molecular weight excluding hydrogens is 607 g/mol. The molecule has 0 radical (unpaired) electrons. The second-order valence-corrected chi connectivity index (χ2v) is 11.4. The van der Waals surface area contributed by atoms with E-state index in [1.807, 2.05) is 6.92 Å². The minimum Gasteiger partial charge on any atom is -0.508 e. The molecule has 46 heavy (non-hydrogen) atoms. The van der Waals surface area contributed by atoms with Crippen molar-refractivity contribution in [3.63, 3.8) is 0 Å². The number of phenols is 1. The number of hydrogen-bond acceptors (Lipinski definition) is 7. The molecule has 1 aliphatic rings. The van der Waals surface area contributed by atoms with Crippen LogP contribution in [-0.4, -0.2) is 84.2 Å². The summed E-state index contributed by atoms with van der Waals surface area (Å²) in [4.78, 5) is 55.8. The molecule has 0 saturated carbocycles. The van der Waals surface area contributed by atoms with Crippen molar-refractivity contribution in [3.8, 4) is 5.75 Å². The molecule has 0 bridgehead atoms. The van der Waals surface area contributed by atoms with E-state index in [2.05, 4.69) is 5.32 Å². The molecule has 252 valence electrons. The van der Waals surface area contributed by atoms with Gasteiger partial charge >= 0.3 is 12.1 Å². The second kappa shape index (κ2) is 15.9. The summed E-state index contributed by atoms with van der Waals surface area (Å²) < 4.78 is 54.7. The van der Waals surface area contributed by atoms with Gasteiger partial charge in [0.2, 0.25) is 17.7 Å². The lowest BCUT2D eigenvalue weighted by Gasteiger charge is -2.36. The number of amides is 3. The molecule has 0 spiro atoms. The number of aromatic hydroxyl groups is 1. The van der Waals surface area contributed by atoms with Crippen LogP contribution in [-0.2, 0) is 34.3 Å². The van der Waals surface area contributed by atoms with Crippen molar-refractivity contribution < 1.29 is 46.9 Å². The van der Waals surface area contributed by atoms with Gasteiger partial charge in [0.25, 0.3) is 5.60 Å². The summed E-state index contributed by atoms with van der Waals surface area (Å²) in [5.74, 6) is -3.23. The number of phenolic OH excluding ortho intramolecular Hbond substituents is 1. The van der Waals surface area contributed by atoms with Crippen LogP contribution in [0.25, 0.3) is 0 Å². The van der Waals surface area contributed by atoms with E-state index in [-0.39, 0.29) is 56.6 Å². The first kappa shape index (κ1) is 36.3. The van der Waals surface area contributed by atoms with Crippen molar-refractivity contribution in [2.75, 3.05) is 33.3 Å². The molecular formula is C33H42F3N3O7. The number of carbonyl (C=O) groups excluding carboxylic acids is 4. The number of alkyl halides is 3. The van der Waals surface area contributed by atoms with Crippen LogP contribution < -0.4 is 5.32 Å². The molecule has 3 amide bonds. The molecule has 3 rings (SSSR count). The van der Waals surface area contributed by atoms with E-state index in [0.717, 1.165) is 19.2 Å². The monoisotopic (exact) mass is 649 g/mol. The maximum absolute atomic E-state index is 14.7. The van der Waals surface area contributed by atoms with Crippen molar-refractivity contribution in [2.24, 2.45) is 5.92 Å². The maximum Gasteiger partial charge on any atom is 0.432 e. The van der Waals surface area contributed by atoms with Crippen molar-refractivity contribution in [2.45, 2.75) is 70.4 Å². The summed E-state index contributed by atoms with van der Waals surface area (Å²) in [6.45, 7) is 4.79. The van der Waals surface area contributed by atoms with Gasteiger partial charge in [0, 0.05) is 51.6 Å². The molecule has 2 aromatic carbocycles. The molecule has 0 aromatic heterocycles. The number of methoxy groups -OCH3 is 1. The lowest BCUT2D eigenvalue weighted by atomic mass is 9.92. The smallest absolute Gasteiger partial charge is 0.432 e. The van der Waals surface area contributed by atoms with Crippen LogP contribution >= 0.6 is 0 Å². The molecule has 1 fully saturated rings. The third-order valence-corrected chi connectivity index (χ3v) is 8.27. The van der Waals surface area contributed by atoms with Crippen LogP contribution in [0.1, 0.15) is 63.6 Å². The standard InChI is InChI=1S/C33H42F3N3O7/c1-5-22(2)30(43)38-18-9-17-37-29(42)20-28(24-12-14-26(41)15-13-24)39(23(3)40)19-16-27(21-38)46-31(44)32(45-4,33(34,35)36)25-10-7-6-8-11-25/h6-8,10-15,22,27-28,41H,5,9,16-21H2,1-4H3,(H,37,42)/t22-,27+,28-,32-/m0/s1. The van der Waals surface area contributed by atoms with E-state index < -0.39 is 47.3 Å². The number of nitrogens with one attached hydrogen (secondary N) is 1. The Morgan fingerprint density at radius 3 is 2.28 bits per heavy atom. The van der Waals surface area contributed by atoms with Gasteiger partial charge in [-0.05, 0) is 30.5 Å². The van der Waals surface area contributed by atoms with E-state index in [1.54, 1.807) is 19.1 Å². The first-order chi connectivity index (χ1) is 21.7. The summed E-state index contributed by atoms with van der Waals surface area (Å²) in [7, 11) is 0.773. The molecule has 2 N–H and O–H groups in total. The number of benzene rings is 2. The Morgan fingerprint density at radius 2 is 1.72 bits per heavy atom. The van der Waals surface area contributed by atoms with Crippen LogP contribution in [0.15, 0.2) is 54.6 Å². The van der Waals surface area contributed by atoms with Crippen molar-refractivity contribution >= 4 is 23.7 Å². The Labute approximate surface area is 266 Å². The lowest BCUT2D eigenvalue weighted by Crippen LogP contribution is -2.53. The predicted octanol–water partition coefficient (Wildman–Crippen LogP) is 4.47. The topological polar surface area (TPSA) is 125 Å². The van der Waals surface area contributed by atoms with Gasteiger partial charge in [-0.1, -0.05) is 56.3 Å². The highest BCUT2D eigenvalue weighted by atomic mass is 19.4. The molecule has 1 aliphatic heterocycles. The highest BCUT2D eigenvalue weighted by Gasteiger charge is 2.64. The van der Waals surface area contributed by atoms with Gasteiger partial charge in [-0.3, -0.25) is 14.4 Å². The first-order valence-corrected chi connectivity index (χ1v) is 15.2. The number of halogens is 3. The summed E-state index contributed by atoms with van der Waals surface area (Å²) >= 11 is 0. The normalized spacial score (nSPS) is 20.6. The number of nitrogens with zero attached hydrogens (tertiary/aromatic N) is 2. The summed E-state index contributed by atoms with van der Waals surface area (Å²) in [5.41, 5.74) is -3.39. The summed E-state index contributed by atoms with van der Waals surface area (Å²) in [5, 5.41) is 12.6. The molecule has 0 aliphatic carbocycles. The number of carbonyl (C=O) groups is 4. The Bertz CT molecular complexity index is 1340. The van der Waals surface area contributed by atoms with Crippen molar-refractivity contribution in [3.05, 3.63) is 65.7 Å². The van der Waals surface area contributed by atoms with Crippen molar-refractivity contribution in [1.29, 1.82) is 0 Å². The third-order valence-electron chi connectivity index (χ3n) is 8.27. The highest BCUT2D eigenvalue weighted by molar-refractivity contribution is 5.83. The fourth-order valence-corrected chi connectivity index (χ4v) is 5.50. The quantitative estimate of drug-likeness (QED) is 0.424. The van der Waals surface area contributed by atoms with Gasteiger partial charge < -0.3 is 29.7 Å². The molecule has 1 heterocycles. The average molecular weight is 650 g/mol. The zero-order valence-corrected chi connectivity index (χ0v) is 26.5. The minimum atomic E-state index is -5.21. The van der Waals surface area contributed by atoms with Gasteiger partial charge in [0.05, 0.1) is 19.0 Å². The molecule has 2 aromatic rings. The van der Waals surface area contributed by atoms with Crippen LogP contribution in [0.4, 0.5) is 13.2 Å². The highest BCUT2D eigenvalue weighted by Crippen LogP contribution is 2.43. The van der Waals surface area contributed by atoms with E-state index >= 15 is 0 Å². The Morgan fingerprint density at radius 1 is 1.07 bits per heavy atom. The van der Waals surface area contributed by atoms with Crippen molar-refractivity contribution in [1.82, 2.24) is 15.1 Å². The van der Waals surface area contributed by atoms with Crippen LogP contribution in [0.3, 0.4) is 0 Å². The summed E-state index contributed by atoms with van der Waals surface area (Å²) in [6, 6.07) is 11.6. The van der Waals surface area contributed by atoms with Crippen LogP contribution in [0, 0.1) is 5.92 Å². The van der Waals surface area contributed by atoms with Gasteiger partial charge in [-0.15, -0.1) is 0 Å². The fraction of sp³-hybridized carbons (Fsp3) is 0.515. The molecule has 4 atom stereocenters. The molecule has 10 nitrogen and oxygen atoms in total. The second-order valence-electron chi connectivity index (χ2n) is 11.4. The zero-order chi connectivity index (χ0) is 34.1. The minimum absolute atomic E-state index is 0.0185. The SMILES string of the molecule is CC[C@H](C)C(=O)N1CCCNC(=O)C[C@@H](c2ccc(O)cc2)N(C(C)=O)CC[C@@H](OC(=O)[C@@](OC)(c2ccccc2)C(F)(F)F)C1. The lowest BCUT2D eigenvalue weighted by molar-refractivity contribution is -0.278. The summed E-state index contributed by atoms with van der Waals surface area (Å²) in [6.07, 6.45) is -5.97. The molecule has 1 saturated heterocycles. The van der Waals surface area contributed by atoms with E-state index in [0.29, 0.717) is 18.4 Å². The Hall–Kier alpha value is -4.13. The average Bonchev–Trinajstić information content (AvgIpc) is 3.02. The Kier molecular flexibility index (Phi) is 12.6. The number of hydrogen-bond donors (Lipinski definition) is 2. The van der Waals surface area contributed by atoms with Gasteiger partial charge in [0.15, 0.2) is 0 Å². The zero-order valence-electron chi connectivity index (χ0n) is 26.5. The van der Waals surface area contributed by atoms with Crippen LogP contribution in [0.2, 0.25) is 0 Å². The first-order valence-electron chi connectivity index (χ1n) is 15.2. The number of ether oxygens (including phenoxy) is 2.